The van der Waals surface area contributed by atoms with Crippen LogP contribution < -0.4 is 5.32 Å². The fraction of sp³-hybridized carbons (Fsp3) is 0.571. The molecule has 2 rings (SSSR count). The molecule has 3 N–H and O–H groups in total. The molecule has 1 fully saturated rings. The quantitative estimate of drug-likeness (QED) is 0.706. The van der Waals surface area contributed by atoms with Gasteiger partial charge in [-0.15, -0.1) is 0 Å². The van der Waals surface area contributed by atoms with Gasteiger partial charge in [0.05, 0.1) is 0 Å². The van der Waals surface area contributed by atoms with Crippen LogP contribution in [0, 0.1) is 5.41 Å². The smallest absolute Gasteiger partial charge is 0.161 e. The lowest BCUT2D eigenvalue weighted by Gasteiger charge is -2.18. The average molecular weight is 235 g/mol. The van der Waals surface area contributed by atoms with Gasteiger partial charge in [-0.2, -0.15) is 0 Å². The first-order valence-corrected chi connectivity index (χ1v) is 6.21. The zero-order valence-electron chi connectivity index (χ0n) is 10.5. The molecule has 17 heavy (non-hydrogen) atoms. The monoisotopic (exact) mass is 235 g/mol. The van der Waals surface area contributed by atoms with E-state index in [4.69, 9.17) is 0 Å². The second-order valence-corrected chi connectivity index (χ2v) is 5.77. The molecule has 0 amide bonds. The van der Waals surface area contributed by atoms with E-state index in [2.05, 4.69) is 19.2 Å². The van der Waals surface area contributed by atoms with Gasteiger partial charge in [-0.3, -0.25) is 0 Å². The molecule has 0 radical (unpaired) electrons. The van der Waals surface area contributed by atoms with E-state index >= 15 is 0 Å². The van der Waals surface area contributed by atoms with Crippen molar-refractivity contribution < 1.29 is 10.2 Å². The van der Waals surface area contributed by atoms with E-state index < -0.39 is 0 Å². The molecule has 1 unspecified atom stereocenters. The molecule has 0 aromatic heterocycles. The zero-order valence-corrected chi connectivity index (χ0v) is 10.5. The third-order valence-corrected chi connectivity index (χ3v) is 3.65. The predicted octanol–water partition coefficient (Wildman–Crippen LogP) is 2.77. The standard InChI is InChI=1S/C14H21NO2/c1-14(2)7-6-11(8-14)15-9-10-4-3-5-12(16)13(10)17/h3-5,11,15-17H,6-9H2,1-2H3. The summed E-state index contributed by atoms with van der Waals surface area (Å²) >= 11 is 0. The molecule has 0 aliphatic heterocycles. The summed E-state index contributed by atoms with van der Waals surface area (Å²) in [6.45, 7) is 5.20. The van der Waals surface area contributed by atoms with Crippen molar-refractivity contribution in [2.24, 2.45) is 5.41 Å². The van der Waals surface area contributed by atoms with Crippen molar-refractivity contribution in [3.8, 4) is 11.5 Å². The van der Waals surface area contributed by atoms with Gasteiger partial charge >= 0.3 is 0 Å². The first-order valence-electron chi connectivity index (χ1n) is 6.21. The highest BCUT2D eigenvalue weighted by atomic mass is 16.3. The Balaban J connectivity index is 1.93. The van der Waals surface area contributed by atoms with Crippen LogP contribution in [0.15, 0.2) is 18.2 Å². The summed E-state index contributed by atoms with van der Waals surface area (Å²) in [7, 11) is 0. The largest absolute Gasteiger partial charge is 0.504 e. The Bertz CT molecular complexity index is 401. The molecule has 3 heteroatoms. The van der Waals surface area contributed by atoms with Gasteiger partial charge in [0, 0.05) is 18.2 Å². The van der Waals surface area contributed by atoms with Crippen LogP contribution in [0.4, 0.5) is 0 Å². The summed E-state index contributed by atoms with van der Waals surface area (Å²) in [6.07, 6.45) is 3.61. The molecule has 0 saturated heterocycles. The lowest BCUT2D eigenvalue weighted by atomic mass is 9.92. The van der Waals surface area contributed by atoms with Crippen molar-refractivity contribution in [3.63, 3.8) is 0 Å². The minimum Gasteiger partial charge on any atom is -0.504 e. The molecule has 1 atom stereocenters. The number of aromatic hydroxyl groups is 2. The molecule has 1 aromatic carbocycles. The van der Waals surface area contributed by atoms with Crippen LogP contribution in [0.3, 0.4) is 0 Å². The number of benzene rings is 1. The molecular formula is C14H21NO2. The highest BCUT2D eigenvalue weighted by Crippen LogP contribution is 2.37. The number of rotatable bonds is 3. The Labute approximate surface area is 102 Å². The van der Waals surface area contributed by atoms with Crippen molar-refractivity contribution in [2.45, 2.75) is 45.7 Å². The average Bonchev–Trinajstić information content (AvgIpc) is 2.61. The van der Waals surface area contributed by atoms with Crippen LogP contribution in [-0.4, -0.2) is 16.3 Å². The van der Waals surface area contributed by atoms with E-state index in [1.165, 1.54) is 25.3 Å². The topological polar surface area (TPSA) is 52.5 Å². The Kier molecular flexibility index (Phi) is 3.29. The van der Waals surface area contributed by atoms with Gasteiger partial charge in [0.1, 0.15) is 0 Å². The van der Waals surface area contributed by atoms with Gasteiger partial charge in [-0.05, 0) is 30.7 Å². The SMILES string of the molecule is CC1(C)CCC(NCc2cccc(O)c2O)C1. The summed E-state index contributed by atoms with van der Waals surface area (Å²) in [4.78, 5) is 0. The van der Waals surface area contributed by atoms with Gasteiger partial charge in [0.15, 0.2) is 11.5 Å². The van der Waals surface area contributed by atoms with E-state index in [1.807, 2.05) is 6.07 Å². The van der Waals surface area contributed by atoms with E-state index in [1.54, 1.807) is 6.07 Å². The minimum absolute atomic E-state index is 0.00254. The van der Waals surface area contributed by atoms with Crippen molar-refractivity contribution in [1.82, 2.24) is 5.32 Å². The molecular weight excluding hydrogens is 214 g/mol. The van der Waals surface area contributed by atoms with E-state index in [0.717, 1.165) is 5.56 Å². The highest BCUT2D eigenvalue weighted by molar-refractivity contribution is 5.44. The van der Waals surface area contributed by atoms with Crippen molar-refractivity contribution in [1.29, 1.82) is 0 Å². The molecule has 0 bridgehead atoms. The zero-order chi connectivity index (χ0) is 12.5. The number of nitrogens with one attached hydrogen (secondary N) is 1. The predicted molar refractivity (Wildman–Crippen MR) is 68.0 cm³/mol. The van der Waals surface area contributed by atoms with E-state index in [-0.39, 0.29) is 11.5 Å². The normalized spacial score (nSPS) is 22.8. The van der Waals surface area contributed by atoms with Gasteiger partial charge in [0.25, 0.3) is 0 Å². The maximum Gasteiger partial charge on any atom is 0.161 e. The summed E-state index contributed by atoms with van der Waals surface area (Å²) in [6, 6.07) is 5.61. The summed E-state index contributed by atoms with van der Waals surface area (Å²) in [5, 5.41) is 22.5. The number of phenols is 2. The van der Waals surface area contributed by atoms with E-state index in [0.29, 0.717) is 18.0 Å². The molecule has 1 aliphatic rings. The third kappa shape index (κ3) is 2.91. The fourth-order valence-corrected chi connectivity index (χ4v) is 2.59. The summed E-state index contributed by atoms with van der Waals surface area (Å²) < 4.78 is 0. The minimum atomic E-state index is -0.0453. The van der Waals surface area contributed by atoms with Gasteiger partial charge in [-0.25, -0.2) is 0 Å². The Hall–Kier alpha value is -1.22. The van der Waals surface area contributed by atoms with Crippen molar-refractivity contribution >= 4 is 0 Å². The Morgan fingerprint density at radius 3 is 2.76 bits per heavy atom. The third-order valence-electron chi connectivity index (χ3n) is 3.65. The fourth-order valence-electron chi connectivity index (χ4n) is 2.59. The van der Waals surface area contributed by atoms with Gasteiger partial charge < -0.3 is 15.5 Å². The summed E-state index contributed by atoms with van der Waals surface area (Å²) in [5.74, 6) is -0.0479. The van der Waals surface area contributed by atoms with Crippen LogP contribution in [0.5, 0.6) is 11.5 Å². The Morgan fingerprint density at radius 2 is 2.12 bits per heavy atom. The lowest BCUT2D eigenvalue weighted by Crippen LogP contribution is -2.26. The van der Waals surface area contributed by atoms with Gasteiger partial charge in [0.2, 0.25) is 0 Å². The van der Waals surface area contributed by atoms with E-state index in [9.17, 15) is 10.2 Å². The Morgan fingerprint density at radius 1 is 1.35 bits per heavy atom. The van der Waals surface area contributed by atoms with Crippen molar-refractivity contribution in [2.75, 3.05) is 0 Å². The molecule has 1 saturated carbocycles. The number of hydrogen-bond acceptors (Lipinski definition) is 3. The van der Waals surface area contributed by atoms with Crippen molar-refractivity contribution in [3.05, 3.63) is 23.8 Å². The number of phenolic OH excluding ortho intramolecular Hbond substituents is 2. The van der Waals surface area contributed by atoms with Crippen LogP contribution in [0.2, 0.25) is 0 Å². The molecule has 0 spiro atoms. The molecule has 3 nitrogen and oxygen atoms in total. The maximum absolute atomic E-state index is 9.68. The number of hydrogen-bond donors (Lipinski definition) is 3. The van der Waals surface area contributed by atoms with Crippen LogP contribution in [-0.2, 0) is 6.54 Å². The second-order valence-electron chi connectivity index (χ2n) is 5.77. The first kappa shape index (κ1) is 12.2. The van der Waals surface area contributed by atoms with Crippen LogP contribution in [0.1, 0.15) is 38.7 Å². The molecule has 0 heterocycles. The molecule has 94 valence electrons. The highest BCUT2D eigenvalue weighted by Gasteiger charge is 2.30. The first-order chi connectivity index (χ1) is 7.98. The summed E-state index contributed by atoms with van der Waals surface area (Å²) in [5.41, 5.74) is 1.19. The van der Waals surface area contributed by atoms with Crippen LogP contribution >= 0.6 is 0 Å². The van der Waals surface area contributed by atoms with Gasteiger partial charge in [-0.1, -0.05) is 26.0 Å². The molecule has 1 aromatic rings. The molecule has 1 aliphatic carbocycles. The second kappa shape index (κ2) is 4.57. The maximum atomic E-state index is 9.68. The lowest BCUT2D eigenvalue weighted by molar-refractivity contribution is 0.362. The van der Waals surface area contributed by atoms with Crippen LogP contribution in [0.25, 0.3) is 0 Å². The number of para-hydroxylation sites is 1.